The molecule has 0 atom stereocenters. The van der Waals surface area contributed by atoms with Gasteiger partial charge in [0.15, 0.2) is 0 Å². The maximum absolute atomic E-state index is 12.8. The Balaban J connectivity index is 1.37. The Kier molecular flexibility index (Phi) is 5.00. The lowest BCUT2D eigenvalue weighted by Crippen LogP contribution is -2.49. The zero-order chi connectivity index (χ0) is 17.8. The maximum atomic E-state index is 12.8. The van der Waals surface area contributed by atoms with E-state index in [-0.39, 0.29) is 5.91 Å². The fourth-order valence-electron chi connectivity index (χ4n) is 3.78. The van der Waals surface area contributed by atoms with Crippen molar-refractivity contribution in [2.45, 2.75) is 31.7 Å². The summed E-state index contributed by atoms with van der Waals surface area (Å²) in [6.07, 6.45) is 8.53. The van der Waals surface area contributed by atoms with Gasteiger partial charge in [0.2, 0.25) is 0 Å². The topological polar surface area (TPSA) is 61.4 Å². The third-order valence-electron chi connectivity index (χ3n) is 5.25. The van der Waals surface area contributed by atoms with E-state index >= 15 is 0 Å². The minimum absolute atomic E-state index is 0.0146. The summed E-state index contributed by atoms with van der Waals surface area (Å²) in [7, 11) is 0. The Morgan fingerprint density at radius 1 is 1.00 bits per heavy atom. The van der Waals surface area contributed by atoms with Crippen molar-refractivity contribution in [3.63, 3.8) is 0 Å². The van der Waals surface area contributed by atoms with Gasteiger partial charge in [-0.05, 0) is 37.1 Å². The second-order valence-corrected chi connectivity index (χ2v) is 7.02. The molecule has 1 aliphatic carbocycles. The smallest absolute Gasteiger partial charge is 0.272 e. The maximum Gasteiger partial charge on any atom is 0.272 e. The van der Waals surface area contributed by atoms with Gasteiger partial charge in [-0.3, -0.25) is 9.78 Å². The molecule has 0 bridgehead atoms. The highest BCUT2D eigenvalue weighted by Crippen LogP contribution is 2.22. The molecule has 0 unspecified atom stereocenters. The van der Waals surface area contributed by atoms with Gasteiger partial charge in [-0.15, -0.1) is 0 Å². The number of aromatic nitrogens is 2. The summed E-state index contributed by atoms with van der Waals surface area (Å²) in [6.45, 7) is 2.97. The second kappa shape index (κ2) is 7.72. The molecule has 0 spiro atoms. The zero-order valence-electron chi connectivity index (χ0n) is 15.0. The molecule has 1 N–H and O–H groups in total. The molecule has 26 heavy (non-hydrogen) atoms. The molecule has 6 nitrogen and oxygen atoms in total. The number of pyridine rings is 2. The van der Waals surface area contributed by atoms with Crippen LogP contribution < -0.4 is 10.2 Å². The van der Waals surface area contributed by atoms with Crippen molar-refractivity contribution < 1.29 is 4.79 Å². The molecule has 2 aliphatic rings. The van der Waals surface area contributed by atoms with Crippen LogP contribution in [0.5, 0.6) is 0 Å². The van der Waals surface area contributed by atoms with Gasteiger partial charge < -0.3 is 15.1 Å². The number of nitrogens with zero attached hydrogens (tertiary/aromatic N) is 4. The van der Waals surface area contributed by atoms with E-state index < -0.39 is 0 Å². The quantitative estimate of drug-likeness (QED) is 0.918. The van der Waals surface area contributed by atoms with E-state index in [4.69, 9.17) is 0 Å². The van der Waals surface area contributed by atoms with E-state index in [9.17, 15) is 4.79 Å². The number of hydrogen-bond donors (Lipinski definition) is 1. The molecular formula is C20H25N5O. The lowest BCUT2D eigenvalue weighted by Gasteiger charge is -2.35. The predicted octanol–water partition coefficient (Wildman–Crippen LogP) is 2.79. The van der Waals surface area contributed by atoms with Crippen molar-refractivity contribution in [2.24, 2.45) is 0 Å². The van der Waals surface area contributed by atoms with E-state index in [2.05, 4.69) is 20.2 Å². The lowest BCUT2D eigenvalue weighted by molar-refractivity contribution is 0.0740. The standard InChI is InChI=1S/C20H25N5O/c26-20(18-15-17(8-10-21-18)23-16-5-1-2-6-16)25-13-11-24(12-14-25)19-7-3-4-9-22-19/h3-4,7-10,15-16H,1-2,5-6,11-14H2,(H,21,23). The molecule has 136 valence electrons. The van der Waals surface area contributed by atoms with Crippen molar-refractivity contribution in [1.29, 1.82) is 0 Å². The average molecular weight is 351 g/mol. The van der Waals surface area contributed by atoms with E-state index in [1.165, 1.54) is 25.7 Å². The highest BCUT2D eigenvalue weighted by Gasteiger charge is 2.24. The van der Waals surface area contributed by atoms with Gasteiger partial charge in [0.1, 0.15) is 11.5 Å². The SMILES string of the molecule is O=C(c1cc(NC2CCCC2)ccn1)N1CCN(c2ccccn2)CC1. The molecule has 0 aromatic carbocycles. The summed E-state index contributed by atoms with van der Waals surface area (Å²) in [4.78, 5) is 25.6. The number of carbonyl (C=O) groups is 1. The molecule has 6 heteroatoms. The number of hydrogen-bond acceptors (Lipinski definition) is 5. The summed E-state index contributed by atoms with van der Waals surface area (Å²) < 4.78 is 0. The second-order valence-electron chi connectivity index (χ2n) is 7.02. The predicted molar refractivity (Wildman–Crippen MR) is 102 cm³/mol. The fourth-order valence-corrected chi connectivity index (χ4v) is 3.78. The zero-order valence-corrected chi connectivity index (χ0v) is 15.0. The van der Waals surface area contributed by atoms with Gasteiger partial charge in [-0.2, -0.15) is 0 Å². The van der Waals surface area contributed by atoms with Gasteiger partial charge in [-0.1, -0.05) is 18.9 Å². The summed E-state index contributed by atoms with van der Waals surface area (Å²) in [5, 5.41) is 3.54. The molecule has 2 aromatic rings. The van der Waals surface area contributed by atoms with Crippen LogP contribution in [0.1, 0.15) is 36.2 Å². The summed E-state index contributed by atoms with van der Waals surface area (Å²) in [5.41, 5.74) is 1.53. The molecule has 3 heterocycles. The van der Waals surface area contributed by atoms with Crippen LogP contribution in [0.15, 0.2) is 42.7 Å². The van der Waals surface area contributed by atoms with Crippen LogP contribution in [0.2, 0.25) is 0 Å². The van der Waals surface area contributed by atoms with Gasteiger partial charge >= 0.3 is 0 Å². The molecule has 1 aliphatic heterocycles. The van der Waals surface area contributed by atoms with Crippen molar-refractivity contribution in [2.75, 3.05) is 36.4 Å². The van der Waals surface area contributed by atoms with Crippen LogP contribution in [0.25, 0.3) is 0 Å². The molecule has 1 amide bonds. The van der Waals surface area contributed by atoms with Gasteiger partial charge in [0.05, 0.1) is 0 Å². The van der Waals surface area contributed by atoms with E-state index in [1.54, 1.807) is 12.4 Å². The number of carbonyl (C=O) groups excluding carboxylic acids is 1. The number of amides is 1. The minimum Gasteiger partial charge on any atom is -0.382 e. The minimum atomic E-state index is 0.0146. The first kappa shape index (κ1) is 16.8. The number of anilines is 2. The highest BCUT2D eigenvalue weighted by molar-refractivity contribution is 5.93. The van der Waals surface area contributed by atoms with Crippen molar-refractivity contribution in [3.05, 3.63) is 48.4 Å². The van der Waals surface area contributed by atoms with Gasteiger partial charge in [-0.25, -0.2) is 4.98 Å². The van der Waals surface area contributed by atoms with Crippen LogP contribution in [0.4, 0.5) is 11.5 Å². The van der Waals surface area contributed by atoms with Crippen LogP contribution in [0, 0.1) is 0 Å². The molecule has 2 aromatic heterocycles. The van der Waals surface area contributed by atoms with Crippen LogP contribution >= 0.6 is 0 Å². The van der Waals surface area contributed by atoms with E-state index in [0.29, 0.717) is 24.8 Å². The number of nitrogens with one attached hydrogen (secondary N) is 1. The third-order valence-corrected chi connectivity index (χ3v) is 5.25. The first-order valence-electron chi connectivity index (χ1n) is 9.47. The molecule has 0 radical (unpaired) electrons. The monoisotopic (exact) mass is 351 g/mol. The van der Waals surface area contributed by atoms with E-state index in [1.807, 2.05) is 35.2 Å². The number of piperazine rings is 1. The third kappa shape index (κ3) is 3.79. The Hall–Kier alpha value is -2.63. The van der Waals surface area contributed by atoms with Crippen molar-refractivity contribution >= 4 is 17.4 Å². The van der Waals surface area contributed by atoms with Crippen molar-refractivity contribution in [3.8, 4) is 0 Å². The fraction of sp³-hybridized carbons (Fsp3) is 0.450. The summed E-state index contributed by atoms with van der Waals surface area (Å²) in [6, 6.07) is 10.3. The summed E-state index contributed by atoms with van der Waals surface area (Å²) in [5.74, 6) is 0.987. The first-order valence-corrected chi connectivity index (χ1v) is 9.47. The van der Waals surface area contributed by atoms with Crippen LogP contribution in [-0.4, -0.2) is 53.0 Å². The largest absolute Gasteiger partial charge is 0.382 e. The van der Waals surface area contributed by atoms with Crippen LogP contribution in [-0.2, 0) is 0 Å². The lowest BCUT2D eigenvalue weighted by atomic mass is 10.2. The molecular weight excluding hydrogens is 326 g/mol. The Morgan fingerprint density at radius 2 is 1.81 bits per heavy atom. The van der Waals surface area contributed by atoms with Gasteiger partial charge in [0.25, 0.3) is 5.91 Å². The first-order chi connectivity index (χ1) is 12.8. The Morgan fingerprint density at radius 3 is 2.54 bits per heavy atom. The molecule has 1 saturated heterocycles. The highest BCUT2D eigenvalue weighted by atomic mass is 16.2. The van der Waals surface area contributed by atoms with Crippen LogP contribution in [0.3, 0.4) is 0 Å². The average Bonchev–Trinajstić information content (AvgIpc) is 3.21. The molecule has 4 rings (SSSR count). The Bertz CT molecular complexity index is 737. The molecule has 2 fully saturated rings. The van der Waals surface area contributed by atoms with Crippen molar-refractivity contribution in [1.82, 2.24) is 14.9 Å². The number of rotatable bonds is 4. The molecule has 1 saturated carbocycles. The summed E-state index contributed by atoms with van der Waals surface area (Å²) >= 11 is 0. The normalized spacial score (nSPS) is 18.2. The van der Waals surface area contributed by atoms with E-state index in [0.717, 1.165) is 24.6 Å². The Labute approximate surface area is 154 Å². The van der Waals surface area contributed by atoms with Gasteiger partial charge in [0, 0.05) is 50.3 Å².